The monoisotopic (exact) mass is 578 g/mol. The van der Waals surface area contributed by atoms with Crippen molar-refractivity contribution in [1.82, 2.24) is 4.90 Å². The zero-order valence-corrected chi connectivity index (χ0v) is 24.5. The van der Waals surface area contributed by atoms with E-state index in [-0.39, 0.29) is 23.3 Å². The SMILES string of the molecule is COC(=O)[C@@H](N)CSSC[C@@H](C(=O)O)N(C(=O)C12CC3CC(CC(C3)C1)C2)C(=O)C12CC3CC(CC(C3)C1)C2. The molecule has 10 heteroatoms. The minimum Gasteiger partial charge on any atom is -0.480 e. The number of hydrogen-bond donors (Lipinski definition) is 2. The molecule has 8 bridgehead atoms. The van der Waals surface area contributed by atoms with Crippen molar-refractivity contribution in [3.8, 4) is 0 Å². The highest BCUT2D eigenvalue weighted by atomic mass is 33.1. The van der Waals surface area contributed by atoms with Gasteiger partial charge in [-0.1, -0.05) is 21.6 Å². The molecule has 2 amide bonds. The summed E-state index contributed by atoms with van der Waals surface area (Å²) < 4.78 is 4.69. The molecule has 0 saturated heterocycles. The number of amides is 2. The molecule has 216 valence electrons. The number of hydrogen-bond acceptors (Lipinski definition) is 8. The van der Waals surface area contributed by atoms with Gasteiger partial charge in [0.25, 0.3) is 0 Å². The molecule has 0 unspecified atom stereocenters. The number of ether oxygens (including phenoxy) is 1. The molecule has 0 aliphatic heterocycles. The second kappa shape index (κ2) is 10.5. The van der Waals surface area contributed by atoms with E-state index in [1.807, 2.05) is 0 Å². The van der Waals surface area contributed by atoms with Gasteiger partial charge in [0.05, 0.1) is 17.9 Å². The van der Waals surface area contributed by atoms with Crippen LogP contribution in [-0.4, -0.2) is 64.5 Å². The Balaban J connectivity index is 1.27. The highest BCUT2D eigenvalue weighted by Crippen LogP contribution is 2.63. The number of aliphatic carboxylic acids is 1. The predicted octanol–water partition coefficient (Wildman–Crippen LogP) is 4.11. The fourth-order valence-corrected chi connectivity index (χ4v) is 12.6. The lowest BCUT2D eigenvalue weighted by Gasteiger charge is -2.59. The summed E-state index contributed by atoms with van der Waals surface area (Å²) in [5, 5.41) is 10.5. The first kappa shape index (κ1) is 27.9. The van der Waals surface area contributed by atoms with Crippen molar-refractivity contribution >= 4 is 45.3 Å². The van der Waals surface area contributed by atoms with Crippen molar-refractivity contribution in [1.29, 1.82) is 0 Å². The quantitative estimate of drug-likeness (QED) is 0.170. The maximum Gasteiger partial charge on any atom is 0.327 e. The van der Waals surface area contributed by atoms with Crippen LogP contribution in [0.25, 0.3) is 0 Å². The topological polar surface area (TPSA) is 127 Å². The number of carbonyl (C=O) groups excluding carboxylic acids is 3. The van der Waals surface area contributed by atoms with E-state index in [0.29, 0.717) is 35.5 Å². The van der Waals surface area contributed by atoms with E-state index in [1.165, 1.54) is 72.1 Å². The van der Waals surface area contributed by atoms with E-state index in [9.17, 15) is 24.3 Å². The number of esters is 1. The van der Waals surface area contributed by atoms with Crippen molar-refractivity contribution in [2.24, 2.45) is 52.1 Å². The molecule has 39 heavy (non-hydrogen) atoms. The van der Waals surface area contributed by atoms with Gasteiger partial charge in [-0.05, 0) is 113 Å². The minimum atomic E-state index is -1.22. The Morgan fingerprint density at radius 2 is 1.13 bits per heavy atom. The number of methoxy groups -OCH3 is 1. The summed E-state index contributed by atoms with van der Waals surface area (Å²) in [6.07, 6.45) is 11.8. The summed E-state index contributed by atoms with van der Waals surface area (Å²) in [4.78, 5) is 55.2. The first-order valence-corrected chi connectivity index (χ1v) is 17.3. The molecular formula is C29H42N2O6S2. The largest absolute Gasteiger partial charge is 0.480 e. The number of carboxylic acids is 1. The molecule has 0 aromatic carbocycles. The first-order valence-electron chi connectivity index (χ1n) is 14.8. The van der Waals surface area contributed by atoms with Gasteiger partial charge in [-0.2, -0.15) is 0 Å². The van der Waals surface area contributed by atoms with Crippen LogP contribution in [0.3, 0.4) is 0 Å². The highest BCUT2D eigenvalue weighted by molar-refractivity contribution is 8.76. The summed E-state index contributed by atoms with van der Waals surface area (Å²) in [7, 11) is 3.84. The molecule has 0 heterocycles. The van der Waals surface area contributed by atoms with Crippen molar-refractivity contribution in [3.05, 3.63) is 0 Å². The molecule has 0 aromatic rings. The molecule has 8 rings (SSSR count). The van der Waals surface area contributed by atoms with Crippen LogP contribution in [0.4, 0.5) is 0 Å². The van der Waals surface area contributed by atoms with E-state index in [1.54, 1.807) is 0 Å². The molecule has 8 nitrogen and oxygen atoms in total. The Morgan fingerprint density at radius 3 is 1.46 bits per heavy atom. The normalized spacial score (nSPS) is 40.8. The molecule has 8 aliphatic rings. The number of nitrogens with zero attached hydrogens (tertiary/aromatic N) is 1. The van der Waals surface area contributed by atoms with Crippen LogP contribution in [-0.2, 0) is 23.9 Å². The highest BCUT2D eigenvalue weighted by Gasteiger charge is 2.61. The molecule has 0 radical (unpaired) electrons. The fraction of sp³-hybridized carbons (Fsp3) is 0.862. The first-order chi connectivity index (χ1) is 18.6. The van der Waals surface area contributed by atoms with Crippen LogP contribution in [0, 0.1) is 46.3 Å². The van der Waals surface area contributed by atoms with Gasteiger partial charge in [0, 0.05) is 11.5 Å². The second-order valence-electron chi connectivity index (χ2n) is 13.9. The molecule has 0 spiro atoms. The van der Waals surface area contributed by atoms with Crippen molar-refractivity contribution in [2.75, 3.05) is 18.6 Å². The smallest absolute Gasteiger partial charge is 0.327 e. The number of rotatable bonds is 10. The Hall–Kier alpha value is -1.26. The van der Waals surface area contributed by atoms with Crippen molar-refractivity contribution in [3.63, 3.8) is 0 Å². The van der Waals surface area contributed by atoms with Gasteiger partial charge in [-0.3, -0.25) is 19.3 Å². The van der Waals surface area contributed by atoms with E-state index in [2.05, 4.69) is 4.74 Å². The average molecular weight is 579 g/mol. The lowest BCUT2D eigenvalue weighted by Crippen LogP contribution is -2.64. The number of carbonyl (C=O) groups is 4. The summed E-state index contributed by atoms with van der Waals surface area (Å²) >= 11 is 0. The summed E-state index contributed by atoms with van der Waals surface area (Å²) in [5.41, 5.74) is 4.67. The Kier molecular flexibility index (Phi) is 7.53. The average Bonchev–Trinajstić information content (AvgIpc) is 2.87. The Labute approximate surface area is 238 Å². The molecule has 8 aliphatic carbocycles. The summed E-state index contributed by atoms with van der Waals surface area (Å²) in [6.45, 7) is 0. The summed E-state index contributed by atoms with van der Waals surface area (Å²) in [6, 6.07) is -2.04. The van der Waals surface area contributed by atoms with Gasteiger partial charge in [-0.15, -0.1) is 0 Å². The second-order valence-corrected chi connectivity index (χ2v) is 16.5. The van der Waals surface area contributed by atoms with E-state index < -0.39 is 34.9 Å². The third kappa shape index (κ3) is 5.05. The third-order valence-corrected chi connectivity index (χ3v) is 13.5. The van der Waals surface area contributed by atoms with Crippen LogP contribution in [0.2, 0.25) is 0 Å². The van der Waals surface area contributed by atoms with Crippen LogP contribution in [0.1, 0.15) is 77.0 Å². The van der Waals surface area contributed by atoms with Crippen LogP contribution in [0.5, 0.6) is 0 Å². The fourth-order valence-electron chi connectivity index (χ4n) is 10.3. The van der Waals surface area contributed by atoms with Crippen molar-refractivity contribution in [2.45, 2.75) is 89.1 Å². The predicted molar refractivity (Wildman–Crippen MR) is 149 cm³/mol. The van der Waals surface area contributed by atoms with Crippen LogP contribution in [0.15, 0.2) is 0 Å². The molecular weight excluding hydrogens is 536 g/mol. The maximum absolute atomic E-state index is 14.7. The van der Waals surface area contributed by atoms with Gasteiger partial charge in [0.1, 0.15) is 12.1 Å². The number of carboxylic acid groups (broad SMARTS) is 1. The zero-order valence-electron chi connectivity index (χ0n) is 22.8. The molecule has 8 fully saturated rings. The van der Waals surface area contributed by atoms with Crippen LogP contribution < -0.4 is 5.73 Å². The minimum absolute atomic E-state index is 0.0735. The van der Waals surface area contributed by atoms with Gasteiger partial charge in [-0.25, -0.2) is 4.79 Å². The van der Waals surface area contributed by atoms with Crippen molar-refractivity contribution < 1.29 is 29.0 Å². The standard InChI is InChI=1S/C29H42N2O6S2/c1-37-25(34)22(30)14-38-39-15-23(24(32)33)31(26(35)28-8-16-2-17(9-28)4-18(3-16)10-28)27(36)29-11-19-5-20(12-29)7-21(6-19)13-29/h16-23H,2-15,30H2,1H3,(H,32,33)/t16?,17?,18?,19?,20?,21?,22-,23-,28?,29?/m0/s1. The van der Waals surface area contributed by atoms with Gasteiger partial charge < -0.3 is 15.6 Å². The molecule has 8 saturated carbocycles. The third-order valence-electron chi connectivity index (χ3n) is 11.1. The number of imide groups is 1. The van der Waals surface area contributed by atoms with Gasteiger partial charge in [0.2, 0.25) is 11.8 Å². The molecule has 0 aromatic heterocycles. The molecule has 3 N–H and O–H groups in total. The van der Waals surface area contributed by atoms with Gasteiger partial charge in [0.15, 0.2) is 0 Å². The summed E-state index contributed by atoms with van der Waals surface area (Å²) in [5.74, 6) is 1.39. The Morgan fingerprint density at radius 1 is 0.769 bits per heavy atom. The van der Waals surface area contributed by atoms with E-state index >= 15 is 0 Å². The lowest BCUT2D eigenvalue weighted by molar-refractivity contribution is -0.180. The van der Waals surface area contributed by atoms with Gasteiger partial charge >= 0.3 is 11.9 Å². The zero-order chi connectivity index (χ0) is 27.5. The van der Waals surface area contributed by atoms with E-state index in [4.69, 9.17) is 5.73 Å². The number of nitrogens with two attached hydrogens (primary N) is 1. The Bertz CT molecular complexity index is 907. The van der Waals surface area contributed by atoms with Crippen LogP contribution >= 0.6 is 21.6 Å². The molecule has 2 atom stereocenters. The lowest BCUT2D eigenvalue weighted by atomic mass is 9.48. The van der Waals surface area contributed by atoms with E-state index in [0.717, 1.165) is 38.5 Å². The maximum atomic E-state index is 14.7.